The Hall–Kier alpha value is -2.50. The number of aryl methyl sites for hydroxylation is 1. The number of benzene rings is 1. The molecule has 0 aliphatic rings. The summed E-state index contributed by atoms with van der Waals surface area (Å²) in [5.74, 6) is -0.492. The van der Waals surface area contributed by atoms with Crippen molar-refractivity contribution in [3.05, 3.63) is 41.7 Å². The molecule has 0 aliphatic carbocycles. The summed E-state index contributed by atoms with van der Waals surface area (Å²) in [6.45, 7) is 1.96. The van der Waals surface area contributed by atoms with Gasteiger partial charge in [-0.2, -0.15) is 4.68 Å². The monoisotopic (exact) mass is 229 g/mol. The second-order valence-electron chi connectivity index (χ2n) is 3.55. The van der Waals surface area contributed by atoms with Crippen molar-refractivity contribution < 1.29 is 4.79 Å². The van der Waals surface area contributed by atoms with E-state index in [0.29, 0.717) is 0 Å². The van der Waals surface area contributed by atoms with E-state index < -0.39 is 5.91 Å². The van der Waals surface area contributed by atoms with Crippen LogP contribution >= 0.6 is 0 Å². The highest BCUT2D eigenvalue weighted by atomic mass is 16.1. The summed E-state index contributed by atoms with van der Waals surface area (Å²) in [5.41, 5.74) is 7.77. The van der Waals surface area contributed by atoms with Crippen molar-refractivity contribution in [2.75, 3.05) is 0 Å². The zero-order valence-corrected chi connectivity index (χ0v) is 9.24. The molecule has 6 heteroatoms. The molecule has 2 aromatic rings. The maximum atomic E-state index is 10.7. The van der Waals surface area contributed by atoms with E-state index in [0.717, 1.165) is 16.8 Å². The molecule has 0 unspecified atom stereocenters. The Kier molecular flexibility index (Phi) is 2.95. The number of aromatic nitrogens is 4. The van der Waals surface area contributed by atoms with Crippen LogP contribution in [0.3, 0.4) is 0 Å². The van der Waals surface area contributed by atoms with Crippen LogP contribution in [-0.4, -0.2) is 26.1 Å². The van der Waals surface area contributed by atoms with Gasteiger partial charge < -0.3 is 5.73 Å². The summed E-state index contributed by atoms with van der Waals surface area (Å²) in [7, 11) is 0. The average molecular weight is 229 g/mol. The molecule has 0 atom stereocenters. The fraction of sp³-hybridized carbons (Fsp3) is 0.0909. The summed E-state index contributed by atoms with van der Waals surface area (Å²) in [6.07, 6.45) is 4.45. The van der Waals surface area contributed by atoms with E-state index in [4.69, 9.17) is 5.73 Å². The van der Waals surface area contributed by atoms with Gasteiger partial charge in [0.1, 0.15) is 6.33 Å². The highest BCUT2D eigenvalue weighted by Gasteiger charge is 2.04. The number of hydrogen-bond donors (Lipinski definition) is 1. The molecule has 0 saturated carbocycles. The Morgan fingerprint density at radius 1 is 1.47 bits per heavy atom. The molecule has 0 radical (unpaired) electrons. The van der Waals surface area contributed by atoms with E-state index in [1.807, 2.05) is 25.1 Å². The number of carbonyl (C=O) groups excluding carboxylic acids is 1. The van der Waals surface area contributed by atoms with Gasteiger partial charge in [-0.25, -0.2) is 0 Å². The molecule has 2 N–H and O–H groups in total. The lowest BCUT2D eigenvalue weighted by Crippen LogP contribution is -2.05. The highest BCUT2D eigenvalue weighted by Crippen LogP contribution is 2.16. The van der Waals surface area contributed by atoms with Gasteiger partial charge in [0.2, 0.25) is 5.91 Å². The van der Waals surface area contributed by atoms with E-state index in [1.54, 1.807) is 6.08 Å². The van der Waals surface area contributed by atoms with Crippen LogP contribution in [0, 0.1) is 6.92 Å². The quantitative estimate of drug-likeness (QED) is 0.775. The SMILES string of the molecule is Cc1ccc(-n2cnnn2)c(/C=C/C(N)=O)c1. The highest BCUT2D eigenvalue weighted by molar-refractivity contribution is 5.90. The molecule has 1 amide bonds. The van der Waals surface area contributed by atoms with Gasteiger partial charge in [-0.15, -0.1) is 5.10 Å². The minimum absolute atomic E-state index is 0.492. The van der Waals surface area contributed by atoms with Crippen molar-refractivity contribution in [2.24, 2.45) is 5.73 Å². The first-order valence-corrected chi connectivity index (χ1v) is 4.98. The third-order valence-electron chi connectivity index (χ3n) is 2.21. The third-order valence-corrected chi connectivity index (χ3v) is 2.21. The first-order valence-electron chi connectivity index (χ1n) is 4.98. The molecule has 1 aromatic heterocycles. The van der Waals surface area contributed by atoms with Crippen molar-refractivity contribution in [2.45, 2.75) is 6.92 Å². The first kappa shape index (κ1) is 11.0. The molecule has 0 fully saturated rings. The predicted octanol–water partition coefficient (Wildman–Crippen LogP) is 0.469. The first-order chi connectivity index (χ1) is 8.16. The summed E-state index contributed by atoms with van der Waals surface area (Å²) < 4.78 is 1.53. The van der Waals surface area contributed by atoms with Crippen molar-refractivity contribution in [3.63, 3.8) is 0 Å². The zero-order chi connectivity index (χ0) is 12.3. The zero-order valence-electron chi connectivity index (χ0n) is 9.24. The minimum Gasteiger partial charge on any atom is -0.366 e. The topological polar surface area (TPSA) is 86.7 Å². The Morgan fingerprint density at radius 2 is 2.29 bits per heavy atom. The maximum Gasteiger partial charge on any atom is 0.241 e. The van der Waals surface area contributed by atoms with Crippen LogP contribution in [0.2, 0.25) is 0 Å². The number of primary amides is 1. The van der Waals surface area contributed by atoms with Crippen molar-refractivity contribution in [1.29, 1.82) is 0 Å². The summed E-state index contributed by atoms with van der Waals surface area (Å²) in [6, 6.07) is 5.75. The largest absolute Gasteiger partial charge is 0.366 e. The van der Waals surface area contributed by atoms with Gasteiger partial charge in [0.15, 0.2) is 0 Å². The van der Waals surface area contributed by atoms with Crippen LogP contribution in [0.4, 0.5) is 0 Å². The van der Waals surface area contributed by atoms with E-state index >= 15 is 0 Å². The van der Waals surface area contributed by atoms with Crippen LogP contribution in [0.1, 0.15) is 11.1 Å². The fourth-order valence-electron chi connectivity index (χ4n) is 1.46. The Bertz CT molecular complexity index is 559. The van der Waals surface area contributed by atoms with Gasteiger partial charge in [0.25, 0.3) is 0 Å². The Morgan fingerprint density at radius 3 is 2.94 bits per heavy atom. The summed E-state index contributed by atoms with van der Waals surface area (Å²) in [5, 5.41) is 11.0. The smallest absolute Gasteiger partial charge is 0.241 e. The lowest BCUT2D eigenvalue weighted by atomic mass is 10.1. The van der Waals surface area contributed by atoms with Gasteiger partial charge in [-0.05, 0) is 35.6 Å². The summed E-state index contributed by atoms with van der Waals surface area (Å²) >= 11 is 0. The number of amides is 1. The van der Waals surface area contributed by atoms with Gasteiger partial charge in [-0.1, -0.05) is 11.6 Å². The van der Waals surface area contributed by atoms with E-state index in [-0.39, 0.29) is 0 Å². The maximum absolute atomic E-state index is 10.7. The fourth-order valence-corrected chi connectivity index (χ4v) is 1.46. The number of nitrogens with two attached hydrogens (primary N) is 1. The van der Waals surface area contributed by atoms with Gasteiger partial charge in [0, 0.05) is 11.6 Å². The average Bonchev–Trinajstić information content (AvgIpc) is 2.80. The van der Waals surface area contributed by atoms with Crippen molar-refractivity contribution in [3.8, 4) is 5.69 Å². The predicted molar refractivity (Wildman–Crippen MR) is 62.1 cm³/mol. The number of rotatable bonds is 3. The molecular weight excluding hydrogens is 218 g/mol. The number of carbonyl (C=O) groups is 1. The van der Waals surface area contributed by atoms with E-state index in [1.165, 1.54) is 17.1 Å². The number of nitrogens with zero attached hydrogens (tertiary/aromatic N) is 4. The van der Waals surface area contributed by atoms with Gasteiger partial charge >= 0.3 is 0 Å². The molecule has 1 heterocycles. The lowest BCUT2D eigenvalue weighted by molar-refractivity contribution is -0.113. The summed E-state index contributed by atoms with van der Waals surface area (Å²) in [4.78, 5) is 10.7. The van der Waals surface area contributed by atoms with E-state index in [9.17, 15) is 4.79 Å². The minimum atomic E-state index is -0.492. The molecule has 0 saturated heterocycles. The van der Waals surface area contributed by atoms with Crippen LogP contribution in [0.5, 0.6) is 0 Å². The van der Waals surface area contributed by atoms with Crippen molar-refractivity contribution in [1.82, 2.24) is 20.2 Å². The molecule has 1 aromatic carbocycles. The van der Waals surface area contributed by atoms with Gasteiger partial charge in [0.05, 0.1) is 5.69 Å². The molecular formula is C11H11N5O. The number of tetrazole rings is 1. The van der Waals surface area contributed by atoms with Crippen LogP contribution in [0.15, 0.2) is 30.6 Å². The van der Waals surface area contributed by atoms with Crippen LogP contribution < -0.4 is 5.73 Å². The van der Waals surface area contributed by atoms with Gasteiger partial charge in [-0.3, -0.25) is 4.79 Å². The Labute approximate surface area is 97.7 Å². The molecule has 0 bridgehead atoms. The standard InChI is InChI=1S/C11H11N5O/c1-8-2-4-10(16-7-13-14-15-16)9(6-8)3-5-11(12)17/h2-7H,1H3,(H2,12,17)/b5-3+. The third kappa shape index (κ3) is 2.54. The van der Waals surface area contributed by atoms with Crippen LogP contribution in [-0.2, 0) is 4.79 Å². The lowest BCUT2D eigenvalue weighted by Gasteiger charge is -2.05. The Balaban J connectivity index is 2.48. The molecule has 86 valence electrons. The normalized spacial score (nSPS) is 10.9. The van der Waals surface area contributed by atoms with Crippen LogP contribution in [0.25, 0.3) is 11.8 Å². The second-order valence-corrected chi connectivity index (χ2v) is 3.55. The molecule has 2 rings (SSSR count). The second kappa shape index (κ2) is 4.56. The molecule has 6 nitrogen and oxygen atoms in total. The molecule has 0 spiro atoms. The molecule has 0 aliphatic heterocycles. The van der Waals surface area contributed by atoms with Crippen molar-refractivity contribution >= 4 is 12.0 Å². The molecule has 17 heavy (non-hydrogen) atoms. The number of hydrogen-bond acceptors (Lipinski definition) is 4. The van der Waals surface area contributed by atoms with E-state index in [2.05, 4.69) is 15.5 Å².